The molecule has 2 rings (SSSR count). The van der Waals surface area contributed by atoms with Crippen LogP contribution in [-0.4, -0.2) is 17.9 Å². The molecule has 1 N–H and O–H groups in total. The highest BCUT2D eigenvalue weighted by atomic mass is 19.1. The average molecular weight is 253 g/mol. The standard InChI is InChI=1S/C14H17F2NO/c1-2-4-14(5-3-6-17-14)13(18)10-7-11(15)9-12(16)8-10/h7-9,17H,2-6H2,1H3. The molecular weight excluding hydrogens is 236 g/mol. The number of hydrogen-bond acceptors (Lipinski definition) is 2. The van der Waals surface area contributed by atoms with Gasteiger partial charge < -0.3 is 5.32 Å². The highest BCUT2D eigenvalue weighted by molar-refractivity contribution is 6.03. The Hall–Kier alpha value is -1.29. The van der Waals surface area contributed by atoms with Crippen molar-refractivity contribution in [3.8, 4) is 0 Å². The molecule has 1 unspecified atom stereocenters. The van der Waals surface area contributed by atoms with E-state index in [2.05, 4.69) is 5.32 Å². The Morgan fingerprint density at radius 1 is 1.33 bits per heavy atom. The van der Waals surface area contributed by atoms with Gasteiger partial charge in [0.25, 0.3) is 0 Å². The van der Waals surface area contributed by atoms with Crippen molar-refractivity contribution in [2.45, 2.75) is 38.1 Å². The van der Waals surface area contributed by atoms with Crippen LogP contribution >= 0.6 is 0 Å². The predicted octanol–water partition coefficient (Wildman–Crippen LogP) is 3.07. The van der Waals surface area contributed by atoms with Crippen molar-refractivity contribution in [3.63, 3.8) is 0 Å². The molecule has 1 aromatic rings. The highest BCUT2D eigenvalue weighted by Crippen LogP contribution is 2.29. The Labute approximate surface area is 105 Å². The van der Waals surface area contributed by atoms with E-state index in [4.69, 9.17) is 0 Å². The molecule has 1 atom stereocenters. The molecule has 0 radical (unpaired) electrons. The number of rotatable bonds is 4. The normalized spacial score (nSPS) is 23.3. The molecule has 98 valence electrons. The first kappa shape index (κ1) is 13.1. The van der Waals surface area contributed by atoms with E-state index in [-0.39, 0.29) is 11.3 Å². The minimum Gasteiger partial charge on any atom is -0.305 e. The molecule has 1 aromatic carbocycles. The van der Waals surface area contributed by atoms with Crippen LogP contribution in [0.2, 0.25) is 0 Å². The van der Waals surface area contributed by atoms with Gasteiger partial charge in [0.05, 0.1) is 5.54 Å². The van der Waals surface area contributed by atoms with Gasteiger partial charge in [0.15, 0.2) is 5.78 Å². The molecule has 18 heavy (non-hydrogen) atoms. The first-order chi connectivity index (χ1) is 8.57. The summed E-state index contributed by atoms with van der Waals surface area (Å²) in [6.45, 7) is 2.78. The van der Waals surface area contributed by atoms with Gasteiger partial charge in [0.2, 0.25) is 0 Å². The number of carbonyl (C=O) groups excluding carboxylic acids is 1. The lowest BCUT2D eigenvalue weighted by Crippen LogP contribution is -2.47. The summed E-state index contributed by atoms with van der Waals surface area (Å²) in [6.07, 6.45) is 3.21. The Balaban J connectivity index is 2.33. The van der Waals surface area contributed by atoms with Crippen LogP contribution in [0.15, 0.2) is 18.2 Å². The predicted molar refractivity (Wildman–Crippen MR) is 65.6 cm³/mol. The summed E-state index contributed by atoms with van der Waals surface area (Å²) in [6, 6.07) is 3.01. The Kier molecular flexibility index (Phi) is 3.76. The smallest absolute Gasteiger partial charge is 0.183 e. The number of benzene rings is 1. The SMILES string of the molecule is CCCC1(C(=O)c2cc(F)cc(F)c2)CCCN1. The summed E-state index contributed by atoms with van der Waals surface area (Å²) in [5, 5.41) is 3.21. The van der Waals surface area contributed by atoms with Gasteiger partial charge >= 0.3 is 0 Å². The van der Waals surface area contributed by atoms with E-state index in [0.717, 1.165) is 44.0 Å². The van der Waals surface area contributed by atoms with Crippen LogP contribution in [0.1, 0.15) is 43.0 Å². The minimum atomic E-state index is -0.706. The fourth-order valence-corrected chi connectivity index (χ4v) is 2.71. The molecule has 0 bridgehead atoms. The minimum absolute atomic E-state index is 0.121. The van der Waals surface area contributed by atoms with Gasteiger partial charge in [-0.25, -0.2) is 8.78 Å². The molecule has 1 aliphatic heterocycles. The Morgan fingerprint density at radius 2 is 2.00 bits per heavy atom. The maximum Gasteiger partial charge on any atom is 0.183 e. The van der Waals surface area contributed by atoms with E-state index in [1.54, 1.807) is 0 Å². The Morgan fingerprint density at radius 3 is 2.50 bits per heavy atom. The van der Waals surface area contributed by atoms with Crippen molar-refractivity contribution < 1.29 is 13.6 Å². The zero-order valence-corrected chi connectivity index (χ0v) is 10.4. The van der Waals surface area contributed by atoms with Gasteiger partial charge in [-0.2, -0.15) is 0 Å². The fraction of sp³-hybridized carbons (Fsp3) is 0.500. The van der Waals surface area contributed by atoms with Crippen LogP contribution in [0, 0.1) is 11.6 Å². The number of hydrogen-bond donors (Lipinski definition) is 1. The molecule has 0 aliphatic carbocycles. The van der Waals surface area contributed by atoms with Crippen LogP contribution in [0.4, 0.5) is 8.78 Å². The molecule has 0 amide bonds. The summed E-state index contributed by atoms with van der Waals surface area (Å²) in [4.78, 5) is 12.5. The second kappa shape index (κ2) is 5.14. The zero-order valence-electron chi connectivity index (χ0n) is 10.4. The monoisotopic (exact) mass is 253 g/mol. The number of ketones is 1. The zero-order chi connectivity index (χ0) is 13.2. The van der Waals surface area contributed by atoms with Gasteiger partial charge in [-0.3, -0.25) is 4.79 Å². The first-order valence-electron chi connectivity index (χ1n) is 6.33. The summed E-state index contributed by atoms with van der Waals surface area (Å²) in [7, 11) is 0. The molecule has 1 heterocycles. The second-order valence-electron chi connectivity index (χ2n) is 4.85. The van der Waals surface area contributed by atoms with E-state index in [1.807, 2.05) is 6.92 Å². The molecule has 4 heteroatoms. The number of halogens is 2. The first-order valence-corrected chi connectivity index (χ1v) is 6.33. The second-order valence-corrected chi connectivity index (χ2v) is 4.85. The van der Waals surface area contributed by atoms with Gasteiger partial charge in [0, 0.05) is 11.6 Å². The highest BCUT2D eigenvalue weighted by Gasteiger charge is 2.40. The molecule has 1 fully saturated rings. The van der Waals surface area contributed by atoms with Crippen LogP contribution in [0.5, 0.6) is 0 Å². The van der Waals surface area contributed by atoms with Crippen molar-refractivity contribution in [2.24, 2.45) is 0 Å². The number of Topliss-reactive ketones (excluding diaryl/α,β-unsaturated/α-hetero) is 1. The summed E-state index contributed by atoms with van der Waals surface area (Å²) in [5.74, 6) is -1.61. The lowest BCUT2D eigenvalue weighted by molar-refractivity contribution is 0.0856. The summed E-state index contributed by atoms with van der Waals surface area (Å²) in [5.41, 5.74) is -0.509. The van der Waals surface area contributed by atoms with Crippen LogP contribution in [0.25, 0.3) is 0 Å². The lowest BCUT2D eigenvalue weighted by atomic mass is 9.84. The summed E-state index contributed by atoms with van der Waals surface area (Å²) >= 11 is 0. The molecule has 0 saturated carbocycles. The van der Waals surface area contributed by atoms with Gasteiger partial charge in [0.1, 0.15) is 11.6 Å². The van der Waals surface area contributed by atoms with Crippen molar-refractivity contribution in [2.75, 3.05) is 6.54 Å². The van der Waals surface area contributed by atoms with E-state index in [0.29, 0.717) is 6.42 Å². The molecule has 1 saturated heterocycles. The number of carbonyl (C=O) groups is 1. The quantitative estimate of drug-likeness (QED) is 0.835. The van der Waals surface area contributed by atoms with E-state index in [9.17, 15) is 13.6 Å². The third kappa shape index (κ3) is 2.43. The van der Waals surface area contributed by atoms with Crippen molar-refractivity contribution in [1.29, 1.82) is 0 Å². The molecule has 0 aromatic heterocycles. The van der Waals surface area contributed by atoms with Crippen LogP contribution < -0.4 is 5.32 Å². The number of nitrogens with one attached hydrogen (secondary N) is 1. The topological polar surface area (TPSA) is 29.1 Å². The van der Waals surface area contributed by atoms with Gasteiger partial charge in [-0.05, 0) is 37.9 Å². The van der Waals surface area contributed by atoms with Crippen molar-refractivity contribution in [3.05, 3.63) is 35.4 Å². The molecule has 2 nitrogen and oxygen atoms in total. The fourth-order valence-electron chi connectivity index (χ4n) is 2.71. The third-order valence-electron chi connectivity index (χ3n) is 3.48. The maximum absolute atomic E-state index is 13.2. The summed E-state index contributed by atoms with van der Waals surface area (Å²) < 4.78 is 26.3. The van der Waals surface area contributed by atoms with Crippen molar-refractivity contribution >= 4 is 5.78 Å². The maximum atomic E-state index is 13.2. The molecule has 1 aliphatic rings. The lowest BCUT2D eigenvalue weighted by Gasteiger charge is -2.27. The molecule has 0 spiro atoms. The van der Waals surface area contributed by atoms with E-state index < -0.39 is 17.2 Å². The largest absolute Gasteiger partial charge is 0.305 e. The average Bonchev–Trinajstić information content (AvgIpc) is 2.77. The molecular formula is C14H17F2NO. The van der Waals surface area contributed by atoms with Gasteiger partial charge in [-0.15, -0.1) is 0 Å². The Bertz CT molecular complexity index is 433. The van der Waals surface area contributed by atoms with Crippen molar-refractivity contribution in [1.82, 2.24) is 5.32 Å². The van der Waals surface area contributed by atoms with Crippen LogP contribution in [0.3, 0.4) is 0 Å². The van der Waals surface area contributed by atoms with Gasteiger partial charge in [-0.1, -0.05) is 13.3 Å². The van der Waals surface area contributed by atoms with Crippen LogP contribution in [-0.2, 0) is 0 Å². The van der Waals surface area contributed by atoms with E-state index >= 15 is 0 Å². The third-order valence-corrected chi connectivity index (χ3v) is 3.48. The van der Waals surface area contributed by atoms with E-state index in [1.165, 1.54) is 0 Å².